The summed E-state index contributed by atoms with van der Waals surface area (Å²) in [4.78, 5) is 0. The first kappa shape index (κ1) is 14.4. The highest BCUT2D eigenvalue weighted by atomic mass is 79.9. The Bertz CT molecular complexity index is 324. The van der Waals surface area contributed by atoms with Crippen LogP contribution in [0.3, 0.4) is 0 Å². The van der Waals surface area contributed by atoms with E-state index >= 15 is 0 Å². The molecule has 0 aliphatic rings. The fourth-order valence-electron chi connectivity index (χ4n) is 1.28. The van der Waals surface area contributed by atoms with E-state index in [2.05, 4.69) is 55.6 Å². The topological polar surface area (TPSA) is 21.3 Å². The van der Waals surface area contributed by atoms with Crippen molar-refractivity contribution in [1.29, 1.82) is 0 Å². The second kappa shape index (κ2) is 7.58. The SMILES string of the molecule is CNCc1cc(Br)c(OCCSC)c(Br)c1. The molecule has 1 aromatic carbocycles. The van der Waals surface area contributed by atoms with E-state index in [1.54, 1.807) is 11.8 Å². The van der Waals surface area contributed by atoms with E-state index in [0.717, 1.165) is 33.6 Å². The highest BCUT2D eigenvalue weighted by Gasteiger charge is 2.08. The van der Waals surface area contributed by atoms with Crippen molar-refractivity contribution in [2.75, 3.05) is 25.7 Å². The fourth-order valence-corrected chi connectivity index (χ4v) is 3.04. The molecule has 2 nitrogen and oxygen atoms in total. The van der Waals surface area contributed by atoms with Gasteiger partial charge in [0.1, 0.15) is 5.75 Å². The summed E-state index contributed by atoms with van der Waals surface area (Å²) in [7, 11) is 1.94. The third-order valence-corrected chi connectivity index (χ3v) is 3.73. The van der Waals surface area contributed by atoms with Gasteiger partial charge in [-0.25, -0.2) is 0 Å². The fraction of sp³-hybridized carbons (Fsp3) is 0.455. The van der Waals surface area contributed by atoms with Gasteiger partial charge in [-0.3, -0.25) is 0 Å². The van der Waals surface area contributed by atoms with Crippen LogP contribution in [0, 0.1) is 0 Å². The lowest BCUT2D eigenvalue weighted by Crippen LogP contribution is -2.06. The zero-order chi connectivity index (χ0) is 12.0. The summed E-state index contributed by atoms with van der Waals surface area (Å²) in [6, 6.07) is 4.16. The lowest BCUT2D eigenvalue weighted by molar-refractivity contribution is 0.339. The van der Waals surface area contributed by atoms with E-state index in [0.29, 0.717) is 0 Å². The summed E-state index contributed by atoms with van der Waals surface area (Å²) in [5.41, 5.74) is 1.22. The van der Waals surface area contributed by atoms with Crippen LogP contribution in [-0.2, 0) is 6.54 Å². The minimum Gasteiger partial charge on any atom is -0.490 e. The van der Waals surface area contributed by atoms with Crippen molar-refractivity contribution in [3.63, 3.8) is 0 Å². The maximum Gasteiger partial charge on any atom is 0.147 e. The molecule has 1 rings (SSSR count). The smallest absolute Gasteiger partial charge is 0.147 e. The molecule has 1 N–H and O–H groups in total. The highest BCUT2D eigenvalue weighted by molar-refractivity contribution is 9.11. The lowest BCUT2D eigenvalue weighted by Gasteiger charge is -2.11. The molecular formula is C11H15Br2NOS. The molecule has 5 heteroatoms. The van der Waals surface area contributed by atoms with Crippen molar-refractivity contribution in [3.05, 3.63) is 26.6 Å². The molecule has 16 heavy (non-hydrogen) atoms. The van der Waals surface area contributed by atoms with Gasteiger partial charge in [-0.2, -0.15) is 11.8 Å². The van der Waals surface area contributed by atoms with Crippen molar-refractivity contribution >= 4 is 43.6 Å². The van der Waals surface area contributed by atoms with E-state index in [4.69, 9.17) is 4.74 Å². The zero-order valence-corrected chi connectivity index (χ0v) is 13.3. The number of thioether (sulfide) groups is 1. The Hall–Kier alpha value is 0.290. The first-order valence-corrected chi connectivity index (χ1v) is 7.91. The number of rotatable bonds is 6. The predicted molar refractivity (Wildman–Crippen MR) is 78.5 cm³/mol. The highest BCUT2D eigenvalue weighted by Crippen LogP contribution is 2.34. The van der Waals surface area contributed by atoms with Crippen molar-refractivity contribution in [2.45, 2.75) is 6.54 Å². The molecule has 0 saturated carbocycles. The number of halogens is 2. The van der Waals surface area contributed by atoms with Gasteiger partial charge in [0.05, 0.1) is 15.6 Å². The van der Waals surface area contributed by atoms with E-state index in [9.17, 15) is 0 Å². The van der Waals surface area contributed by atoms with Crippen LogP contribution in [0.2, 0.25) is 0 Å². The van der Waals surface area contributed by atoms with Crippen molar-refractivity contribution in [3.8, 4) is 5.75 Å². The molecule has 0 aromatic heterocycles. The molecule has 0 aliphatic carbocycles. The molecule has 0 saturated heterocycles. The molecule has 0 bridgehead atoms. The standard InChI is InChI=1S/C11H15Br2NOS/c1-14-7-8-5-9(12)11(10(13)6-8)15-3-4-16-2/h5-6,14H,3-4,7H2,1-2H3. The average molecular weight is 369 g/mol. The number of hydrogen-bond acceptors (Lipinski definition) is 3. The van der Waals surface area contributed by atoms with Crippen LogP contribution in [0.25, 0.3) is 0 Å². The van der Waals surface area contributed by atoms with Crippen molar-refractivity contribution < 1.29 is 4.74 Å². The van der Waals surface area contributed by atoms with Crippen LogP contribution in [0.1, 0.15) is 5.56 Å². The van der Waals surface area contributed by atoms with Crippen LogP contribution in [0.15, 0.2) is 21.1 Å². The molecule has 0 radical (unpaired) electrons. The van der Waals surface area contributed by atoms with Gasteiger partial charge in [-0.15, -0.1) is 0 Å². The average Bonchev–Trinajstić information content (AvgIpc) is 2.23. The maximum atomic E-state index is 5.71. The molecule has 0 aliphatic heterocycles. The summed E-state index contributed by atoms with van der Waals surface area (Å²) in [5.74, 6) is 1.88. The molecule has 0 fully saturated rings. The molecule has 0 unspecified atom stereocenters. The molecule has 0 amide bonds. The van der Waals surface area contributed by atoms with E-state index in [-0.39, 0.29) is 0 Å². The number of hydrogen-bond donors (Lipinski definition) is 1. The lowest BCUT2D eigenvalue weighted by atomic mass is 10.2. The normalized spacial score (nSPS) is 10.5. The van der Waals surface area contributed by atoms with Crippen molar-refractivity contribution in [2.24, 2.45) is 0 Å². The minimum atomic E-state index is 0.726. The summed E-state index contributed by atoms with van der Waals surface area (Å²) < 4.78 is 7.69. The Morgan fingerprint density at radius 3 is 2.44 bits per heavy atom. The van der Waals surface area contributed by atoms with Gasteiger partial charge in [-0.05, 0) is 62.9 Å². The van der Waals surface area contributed by atoms with Gasteiger partial charge >= 0.3 is 0 Å². The predicted octanol–water partition coefficient (Wildman–Crippen LogP) is 3.67. The Morgan fingerprint density at radius 2 is 1.94 bits per heavy atom. The number of ether oxygens (including phenoxy) is 1. The third-order valence-electron chi connectivity index (χ3n) is 1.97. The Labute approximate surface area is 118 Å². The van der Waals surface area contributed by atoms with Crippen LogP contribution >= 0.6 is 43.6 Å². The molecular weight excluding hydrogens is 354 g/mol. The van der Waals surface area contributed by atoms with Crippen LogP contribution < -0.4 is 10.1 Å². The van der Waals surface area contributed by atoms with Crippen molar-refractivity contribution in [1.82, 2.24) is 5.32 Å². The third kappa shape index (κ3) is 4.28. The summed E-state index contributed by atoms with van der Waals surface area (Å²) >= 11 is 8.84. The second-order valence-electron chi connectivity index (χ2n) is 3.26. The Balaban J connectivity index is 2.77. The largest absolute Gasteiger partial charge is 0.490 e. The first-order chi connectivity index (χ1) is 7.69. The van der Waals surface area contributed by atoms with Crippen LogP contribution in [0.4, 0.5) is 0 Å². The van der Waals surface area contributed by atoms with E-state index < -0.39 is 0 Å². The van der Waals surface area contributed by atoms with E-state index in [1.807, 2.05) is 7.05 Å². The zero-order valence-electron chi connectivity index (χ0n) is 9.35. The summed E-state index contributed by atoms with van der Waals surface area (Å²) in [5, 5.41) is 3.12. The quantitative estimate of drug-likeness (QED) is 0.774. The molecule has 0 heterocycles. The van der Waals surface area contributed by atoms with Gasteiger partial charge in [0.15, 0.2) is 0 Å². The van der Waals surface area contributed by atoms with Gasteiger partial charge < -0.3 is 10.1 Å². The number of benzene rings is 1. The first-order valence-electron chi connectivity index (χ1n) is 4.93. The second-order valence-corrected chi connectivity index (χ2v) is 5.95. The van der Waals surface area contributed by atoms with Gasteiger partial charge in [0, 0.05) is 12.3 Å². The van der Waals surface area contributed by atoms with Gasteiger partial charge in [0.25, 0.3) is 0 Å². The minimum absolute atomic E-state index is 0.726. The molecule has 0 atom stereocenters. The van der Waals surface area contributed by atoms with Crippen LogP contribution in [0.5, 0.6) is 5.75 Å². The molecule has 90 valence electrons. The molecule has 0 spiro atoms. The van der Waals surface area contributed by atoms with E-state index in [1.165, 1.54) is 5.56 Å². The Kier molecular flexibility index (Phi) is 6.80. The van der Waals surface area contributed by atoms with Crippen LogP contribution in [-0.4, -0.2) is 25.7 Å². The number of nitrogens with one attached hydrogen (secondary N) is 1. The monoisotopic (exact) mass is 367 g/mol. The maximum absolute atomic E-state index is 5.71. The van der Waals surface area contributed by atoms with Gasteiger partial charge in [0.2, 0.25) is 0 Å². The summed E-state index contributed by atoms with van der Waals surface area (Å²) in [6.07, 6.45) is 2.07. The Morgan fingerprint density at radius 1 is 1.31 bits per heavy atom. The molecule has 1 aromatic rings. The van der Waals surface area contributed by atoms with Gasteiger partial charge in [-0.1, -0.05) is 0 Å². The summed E-state index contributed by atoms with van der Waals surface area (Å²) in [6.45, 7) is 1.58.